The molecule has 0 aliphatic heterocycles. The van der Waals surface area contributed by atoms with Crippen LogP contribution in [-0.2, 0) is 17.6 Å². The molecular formula is C21H25F4OPSe2. The second-order valence-corrected chi connectivity index (χ2v) is 24.5. The topological polar surface area (TPSA) is 9.23 Å². The average molecular weight is 558 g/mol. The molecule has 0 saturated heterocycles. The molecule has 0 radical (unpaired) electrons. The predicted octanol–water partition coefficient (Wildman–Crippen LogP) is 5.46. The maximum absolute atomic E-state index is 13.2. The van der Waals surface area contributed by atoms with Crippen molar-refractivity contribution in [2.45, 2.75) is 37.1 Å². The Kier molecular flexibility index (Phi) is 10.1. The van der Waals surface area contributed by atoms with Crippen molar-refractivity contribution in [2.24, 2.45) is 0 Å². The zero-order valence-electron chi connectivity index (χ0n) is 16.1. The standard InChI is InChI=1S/C21H25F4OPSe2/c1-17(26-16-21(24,25)20(22)23)29-27(28,14-12-18-8-4-2-5-9-18)15-13-19-10-6-3-7-11-19/h2-11,17,20H,12-16H2,1H3. The van der Waals surface area contributed by atoms with E-state index in [0.29, 0.717) is 0 Å². The summed E-state index contributed by atoms with van der Waals surface area (Å²) in [4.78, 5) is 0. The summed E-state index contributed by atoms with van der Waals surface area (Å²) < 4.78 is 54.8. The normalized spacial score (nSPS) is 13.6. The fourth-order valence-electron chi connectivity index (χ4n) is 2.70. The van der Waals surface area contributed by atoms with E-state index in [1.54, 1.807) is 6.92 Å². The quantitative estimate of drug-likeness (QED) is 0.191. The molecule has 0 fully saturated rings. The third-order valence-corrected chi connectivity index (χ3v) is 18.8. The number of ether oxygens (including phenoxy) is 1. The SMILES string of the molecule is CC(OCC(F)(F)C(F)F)[Se]P(=[Se])(CCc1ccccc1)CCc1ccccc1. The van der Waals surface area contributed by atoms with Crippen molar-refractivity contribution < 1.29 is 22.3 Å². The summed E-state index contributed by atoms with van der Waals surface area (Å²) in [6.45, 7) is 0.490. The predicted molar refractivity (Wildman–Crippen MR) is 115 cm³/mol. The first-order valence-corrected chi connectivity index (χ1v) is 16.9. The van der Waals surface area contributed by atoms with Crippen LogP contribution in [0, 0.1) is 0 Å². The summed E-state index contributed by atoms with van der Waals surface area (Å²) in [6, 6.07) is 20.3. The molecule has 0 heterocycles. The van der Waals surface area contributed by atoms with Gasteiger partial charge < -0.3 is 0 Å². The van der Waals surface area contributed by atoms with E-state index < -0.39 is 28.2 Å². The number of benzene rings is 2. The molecule has 2 aromatic rings. The van der Waals surface area contributed by atoms with Crippen LogP contribution in [0.2, 0.25) is 0 Å². The number of alkyl halides is 4. The zero-order valence-corrected chi connectivity index (χ0v) is 20.5. The maximum atomic E-state index is 13.2. The van der Waals surface area contributed by atoms with Crippen LogP contribution in [0.5, 0.6) is 0 Å². The fraction of sp³-hybridized carbons (Fsp3) is 0.429. The molecule has 0 N–H and O–H groups in total. The van der Waals surface area contributed by atoms with Crippen molar-refractivity contribution in [3.05, 3.63) is 71.8 Å². The van der Waals surface area contributed by atoms with Gasteiger partial charge in [-0.1, -0.05) is 0 Å². The van der Waals surface area contributed by atoms with Gasteiger partial charge >= 0.3 is 184 Å². The fourth-order valence-corrected chi connectivity index (χ4v) is 16.5. The second-order valence-electron chi connectivity index (χ2n) is 6.78. The van der Waals surface area contributed by atoms with E-state index >= 15 is 0 Å². The van der Waals surface area contributed by atoms with Crippen LogP contribution in [0.25, 0.3) is 0 Å². The van der Waals surface area contributed by atoms with Gasteiger partial charge in [0.2, 0.25) is 0 Å². The Hall–Kier alpha value is -0.411. The van der Waals surface area contributed by atoms with Gasteiger partial charge in [0.05, 0.1) is 0 Å². The number of aryl methyl sites for hydroxylation is 2. The van der Waals surface area contributed by atoms with Crippen LogP contribution in [0.4, 0.5) is 17.6 Å². The van der Waals surface area contributed by atoms with Crippen LogP contribution in [0.1, 0.15) is 18.1 Å². The first kappa shape index (κ1) is 24.9. The Morgan fingerprint density at radius 2 is 1.38 bits per heavy atom. The van der Waals surface area contributed by atoms with Gasteiger partial charge in [-0.3, -0.25) is 0 Å². The van der Waals surface area contributed by atoms with Crippen molar-refractivity contribution in [3.63, 3.8) is 0 Å². The van der Waals surface area contributed by atoms with Crippen molar-refractivity contribution in [1.29, 1.82) is 0 Å². The summed E-state index contributed by atoms with van der Waals surface area (Å²) in [5.74, 6) is -4.10. The molecule has 0 aliphatic rings. The van der Waals surface area contributed by atoms with Crippen LogP contribution in [0.15, 0.2) is 60.7 Å². The van der Waals surface area contributed by atoms with E-state index in [0.717, 1.165) is 25.2 Å². The molecule has 29 heavy (non-hydrogen) atoms. The molecule has 1 unspecified atom stereocenters. The molecule has 0 spiro atoms. The molecule has 8 heteroatoms. The van der Waals surface area contributed by atoms with Crippen LogP contribution in [0.3, 0.4) is 0 Å². The Labute approximate surface area is 183 Å². The van der Waals surface area contributed by atoms with E-state index in [2.05, 4.69) is 39.4 Å². The molecule has 0 aliphatic carbocycles. The number of halogens is 4. The van der Waals surface area contributed by atoms with E-state index in [-0.39, 0.29) is 14.5 Å². The Morgan fingerprint density at radius 1 is 0.931 bits per heavy atom. The summed E-state index contributed by atoms with van der Waals surface area (Å²) >= 11 is 3.32. The van der Waals surface area contributed by atoms with Crippen LogP contribution in [-0.4, -0.2) is 65.9 Å². The third-order valence-electron chi connectivity index (χ3n) is 4.34. The van der Waals surface area contributed by atoms with Gasteiger partial charge in [0.15, 0.2) is 0 Å². The minimum atomic E-state index is -4.10. The second kappa shape index (κ2) is 11.8. The number of hydrogen-bond acceptors (Lipinski definition) is 1. The summed E-state index contributed by atoms with van der Waals surface area (Å²) in [5, 5.41) is -0.451. The number of rotatable bonds is 12. The molecular weight excluding hydrogens is 533 g/mol. The molecule has 0 amide bonds. The average Bonchev–Trinajstić information content (AvgIpc) is 2.71. The van der Waals surface area contributed by atoms with E-state index in [1.807, 2.05) is 36.4 Å². The van der Waals surface area contributed by atoms with Gasteiger partial charge in [-0.25, -0.2) is 0 Å². The Bertz CT molecular complexity index is 727. The van der Waals surface area contributed by atoms with Gasteiger partial charge in [0.1, 0.15) is 0 Å². The van der Waals surface area contributed by atoms with Crippen molar-refractivity contribution >= 4 is 33.8 Å². The first-order chi connectivity index (χ1) is 13.7. The van der Waals surface area contributed by atoms with Gasteiger partial charge in [-0.2, -0.15) is 0 Å². The van der Waals surface area contributed by atoms with Crippen LogP contribution >= 0.6 is 4.20 Å². The third kappa shape index (κ3) is 9.09. The molecule has 160 valence electrons. The number of hydrogen-bond donors (Lipinski definition) is 0. The van der Waals surface area contributed by atoms with Gasteiger partial charge in [-0.05, 0) is 0 Å². The van der Waals surface area contributed by atoms with E-state index in [1.165, 1.54) is 11.1 Å². The van der Waals surface area contributed by atoms with Gasteiger partial charge in [0, 0.05) is 0 Å². The molecule has 1 atom stereocenters. The van der Waals surface area contributed by atoms with Gasteiger partial charge in [0.25, 0.3) is 0 Å². The van der Waals surface area contributed by atoms with Crippen molar-refractivity contribution in [3.8, 4) is 0 Å². The van der Waals surface area contributed by atoms with Crippen LogP contribution < -0.4 is 0 Å². The first-order valence-electron chi connectivity index (χ1n) is 9.32. The molecule has 0 bridgehead atoms. The molecule has 0 aromatic heterocycles. The van der Waals surface area contributed by atoms with E-state index in [9.17, 15) is 17.6 Å². The summed E-state index contributed by atoms with van der Waals surface area (Å²) in [5.41, 5.74) is 2.47. The monoisotopic (exact) mass is 560 g/mol. The summed E-state index contributed by atoms with van der Waals surface area (Å²) in [7, 11) is 0. The molecule has 0 saturated carbocycles. The molecule has 2 rings (SSSR count). The van der Waals surface area contributed by atoms with Crippen molar-refractivity contribution in [2.75, 3.05) is 18.9 Å². The Balaban J connectivity index is 2.01. The Morgan fingerprint density at radius 3 is 1.79 bits per heavy atom. The van der Waals surface area contributed by atoms with Crippen molar-refractivity contribution in [1.82, 2.24) is 0 Å². The van der Waals surface area contributed by atoms with E-state index in [4.69, 9.17) is 4.74 Å². The minimum absolute atomic E-state index is 0.0885. The summed E-state index contributed by atoms with van der Waals surface area (Å²) in [6.07, 6.45) is -0.00653. The molecule has 2 aromatic carbocycles. The molecule has 1 nitrogen and oxygen atoms in total. The zero-order chi connectivity index (χ0) is 21.3. The van der Waals surface area contributed by atoms with Gasteiger partial charge in [-0.15, -0.1) is 0 Å².